The van der Waals surface area contributed by atoms with Crippen LogP contribution in [0.4, 0.5) is 29.2 Å². The van der Waals surface area contributed by atoms with E-state index in [-0.39, 0.29) is 11.6 Å². The number of hydrogen-bond donors (Lipinski definition) is 3. The number of H-pyrrole nitrogens is 1. The maximum atomic E-state index is 14.7. The lowest BCUT2D eigenvalue weighted by atomic mass is 10.0. The van der Waals surface area contributed by atoms with Crippen LogP contribution >= 0.6 is 0 Å². The van der Waals surface area contributed by atoms with Crippen molar-refractivity contribution in [3.05, 3.63) is 72.1 Å². The number of rotatable bonds is 4. The second-order valence-corrected chi connectivity index (χ2v) is 8.37. The lowest BCUT2D eigenvalue weighted by molar-refractivity contribution is -0.207. The zero-order valence-corrected chi connectivity index (χ0v) is 18.8. The van der Waals surface area contributed by atoms with Gasteiger partial charge in [-0.3, -0.25) is 5.32 Å². The Hall–Kier alpha value is -4.52. The molecule has 37 heavy (non-hydrogen) atoms. The number of carbonyl (C=O) groups excluding carboxylic acids is 1. The summed E-state index contributed by atoms with van der Waals surface area (Å²) >= 11 is 0. The van der Waals surface area contributed by atoms with Gasteiger partial charge in [-0.2, -0.15) is 18.3 Å². The largest absolute Gasteiger partial charge is 0.490 e. The second-order valence-electron chi connectivity index (χ2n) is 8.37. The summed E-state index contributed by atoms with van der Waals surface area (Å²) < 4.78 is 59.4. The zero-order chi connectivity index (χ0) is 25.7. The average Bonchev–Trinajstić information content (AvgIpc) is 3.46. The number of alkyl halides is 3. The molecule has 0 saturated carbocycles. The molecule has 1 aliphatic rings. The van der Waals surface area contributed by atoms with Crippen LogP contribution in [0.15, 0.2) is 55.0 Å². The Kier molecular flexibility index (Phi) is 5.30. The third-order valence-electron chi connectivity index (χ3n) is 6.03. The Balaban J connectivity index is 1.34. The summed E-state index contributed by atoms with van der Waals surface area (Å²) in [6, 6.07) is 10.5. The molecule has 6 rings (SSSR count). The topological polar surface area (TPSA) is 109 Å². The third-order valence-corrected chi connectivity index (χ3v) is 6.03. The molecule has 5 heterocycles. The van der Waals surface area contributed by atoms with Crippen molar-refractivity contribution in [2.24, 2.45) is 0 Å². The van der Waals surface area contributed by atoms with E-state index in [1.54, 1.807) is 47.1 Å². The van der Waals surface area contributed by atoms with E-state index >= 15 is 0 Å². The fraction of sp³-hybridized carbons (Fsp3) is 0.167. The van der Waals surface area contributed by atoms with Gasteiger partial charge >= 0.3 is 12.1 Å². The number of nitrogens with zero attached hydrogens (tertiary/aromatic N) is 4. The second kappa shape index (κ2) is 8.55. The molecule has 13 heteroatoms. The van der Waals surface area contributed by atoms with Gasteiger partial charge in [0, 0.05) is 52.6 Å². The Labute approximate surface area is 205 Å². The number of ether oxygens (including phenoxy) is 1. The molecule has 1 atom stereocenters. The highest BCUT2D eigenvalue weighted by Crippen LogP contribution is 2.35. The molecule has 4 aromatic heterocycles. The van der Waals surface area contributed by atoms with E-state index in [1.165, 1.54) is 6.20 Å². The highest BCUT2D eigenvalue weighted by molar-refractivity contribution is 5.89. The van der Waals surface area contributed by atoms with Crippen LogP contribution < -0.4 is 10.6 Å². The standard InChI is InChI=1S/C24H17F4N7O2/c25-15-11-30-23(34-20(15)14-10-31-35-8-2-1-3-18(14)35)32-12-4-5-16-13(9-12)19-17(33-16)6-7-29-21(19)37-22(36)24(26,27)28/h1-5,8-11,21,29,33H,6-7H2,(H,30,32,34). The Morgan fingerprint density at radius 3 is 2.89 bits per heavy atom. The molecule has 1 aliphatic heterocycles. The van der Waals surface area contributed by atoms with Crippen molar-refractivity contribution >= 4 is 34.0 Å². The summed E-state index contributed by atoms with van der Waals surface area (Å²) in [6.45, 7) is 0.330. The average molecular weight is 511 g/mol. The van der Waals surface area contributed by atoms with Gasteiger partial charge in [0.1, 0.15) is 5.69 Å². The maximum Gasteiger partial charge on any atom is 0.490 e. The SMILES string of the molecule is O=C(OC1NCCc2[nH]c3ccc(Nc4ncc(F)c(-c5cnn6ccccc56)n4)cc3c21)C(F)(F)F. The number of aromatic amines is 1. The van der Waals surface area contributed by atoms with Gasteiger partial charge in [0.2, 0.25) is 5.95 Å². The van der Waals surface area contributed by atoms with Crippen LogP contribution in [-0.2, 0) is 16.0 Å². The van der Waals surface area contributed by atoms with E-state index in [4.69, 9.17) is 4.74 Å². The fourth-order valence-corrected chi connectivity index (χ4v) is 4.41. The Morgan fingerprint density at radius 2 is 2.05 bits per heavy atom. The van der Waals surface area contributed by atoms with E-state index < -0.39 is 24.2 Å². The van der Waals surface area contributed by atoms with E-state index in [1.807, 2.05) is 0 Å². The number of esters is 1. The molecule has 0 bridgehead atoms. The molecule has 1 unspecified atom stereocenters. The molecule has 9 nitrogen and oxygen atoms in total. The van der Waals surface area contributed by atoms with E-state index in [9.17, 15) is 22.4 Å². The minimum Gasteiger partial charge on any atom is -0.435 e. The number of benzene rings is 1. The number of fused-ring (bicyclic) bond motifs is 4. The van der Waals surface area contributed by atoms with Crippen LogP contribution in [0.2, 0.25) is 0 Å². The molecule has 0 fully saturated rings. The quantitative estimate of drug-likeness (QED) is 0.242. The van der Waals surface area contributed by atoms with Crippen molar-refractivity contribution < 1.29 is 27.1 Å². The number of pyridine rings is 1. The summed E-state index contributed by atoms with van der Waals surface area (Å²) in [4.78, 5) is 23.0. The number of anilines is 2. The van der Waals surface area contributed by atoms with Crippen molar-refractivity contribution in [1.29, 1.82) is 0 Å². The number of hydrogen-bond acceptors (Lipinski definition) is 7. The monoisotopic (exact) mass is 511 g/mol. The molecule has 3 N–H and O–H groups in total. The molecular weight excluding hydrogens is 494 g/mol. The smallest absolute Gasteiger partial charge is 0.435 e. The summed E-state index contributed by atoms with van der Waals surface area (Å²) in [7, 11) is 0. The molecule has 188 valence electrons. The summed E-state index contributed by atoms with van der Waals surface area (Å²) in [6.07, 6.45) is -1.58. The first kappa shape index (κ1) is 22.9. The van der Waals surface area contributed by atoms with E-state index in [0.717, 1.165) is 6.20 Å². The van der Waals surface area contributed by atoms with Gasteiger partial charge in [-0.15, -0.1) is 0 Å². The van der Waals surface area contributed by atoms with Gasteiger partial charge in [0.25, 0.3) is 0 Å². The number of nitrogens with one attached hydrogen (secondary N) is 3. The molecule has 0 spiro atoms. The van der Waals surface area contributed by atoms with Crippen LogP contribution in [0, 0.1) is 5.82 Å². The normalized spacial score (nSPS) is 15.6. The maximum absolute atomic E-state index is 14.7. The van der Waals surface area contributed by atoms with E-state index in [2.05, 4.69) is 30.7 Å². The Bertz CT molecular complexity index is 1660. The highest BCUT2D eigenvalue weighted by Gasteiger charge is 2.43. The van der Waals surface area contributed by atoms with Gasteiger partial charge in [-0.1, -0.05) is 6.07 Å². The van der Waals surface area contributed by atoms with Gasteiger partial charge in [-0.25, -0.2) is 23.7 Å². The first-order valence-corrected chi connectivity index (χ1v) is 11.2. The third kappa shape index (κ3) is 4.12. The molecule has 0 amide bonds. The van der Waals surface area contributed by atoms with Crippen LogP contribution in [-0.4, -0.2) is 43.3 Å². The molecule has 5 aromatic rings. The molecule has 0 radical (unpaired) electrons. The van der Waals surface area contributed by atoms with E-state index in [0.29, 0.717) is 51.9 Å². The highest BCUT2D eigenvalue weighted by atomic mass is 19.4. The predicted molar refractivity (Wildman–Crippen MR) is 124 cm³/mol. The number of carbonyl (C=O) groups is 1. The van der Waals surface area contributed by atoms with Crippen LogP contribution in [0.25, 0.3) is 27.7 Å². The first-order chi connectivity index (χ1) is 17.8. The minimum atomic E-state index is -5.11. The first-order valence-electron chi connectivity index (χ1n) is 11.2. The van der Waals surface area contributed by atoms with Crippen LogP contribution in [0.3, 0.4) is 0 Å². The van der Waals surface area contributed by atoms with Gasteiger partial charge in [0.15, 0.2) is 12.0 Å². The molecule has 0 aliphatic carbocycles. The number of halogens is 4. The number of aromatic nitrogens is 5. The summed E-state index contributed by atoms with van der Waals surface area (Å²) in [5, 5.41) is 10.6. The lowest BCUT2D eigenvalue weighted by Gasteiger charge is -2.25. The molecule has 0 saturated heterocycles. The minimum absolute atomic E-state index is 0.0575. The Morgan fingerprint density at radius 1 is 1.19 bits per heavy atom. The van der Waals surface area contributed by atoms with Crippen molar-refractivity contribution in [1.82, 2.24) is 29.9 Å². The van der Waals surface area contributed by atoms with Crippen LogP contribution in [0.1, 0.15) is 17.5 Å². The van der Waals surface area contributed by atoms with Gasteiger partial charge in [0.05, 0.1) is 17.9 Å². The van der Waals surface area contributed by atoms with Gasteiger partial charge in [-0.05, 0) is 30.3 Å². The molecular formula is C24H17F4N7O2. The predicted octanol–water partition coefficient (Wildman–Crippen LogP) is 4.41. The lowest BCUT2D eigenvalue weighted by Crippen LogP contribution is -2.36. The fourth-order valence-electron chi connectivity index (χ4n) is 4.41. The van der Waals surface area contributed by atoms with Crippen molar-refractivity contribution in [3.63, 3.8) is 0 Å². The van der Waals surface area contributed by atoms with Gasteiger partial charge < -0.3 is 15.0 Å². The van der Waals surface area contributed by atoms with Crippen molar-refractivity contribution in [2.45, 2.75) is 18.8 Å². The van der Waals surface area contributed by atoms with Crippen LogP contribution in [0.5, 0.6) is 0 Å². The zero-order valence-electron chi connectivity index (χ0n) is 18.8. The molecule has 1 aromatic carbocycles. The van der Waals surface area contributed by atoms with Crippen molar-refractivity contribution in [2.75, 3.05) is 11.9 Å². The summed E-state index contributed by atoms with van der Waals surface area (Å²) in [5.41, 5.74) is 3.44. The van der Waals surface area contributed by atoms with Crippen molar-refractivity contribution in [3.8, 4) is 11.3 Å². The summed E-state index contributed by atoms with van der Waals surface area (Å²) in [5.74, 6) is -2.80.